The van der Waals surface area contributed by atoms with Gasteiger partial charge in [-0.15, -0.1) is 0 Å². The Bertz CT molecular complexity index is 566. The molecule has 1 aromatic carbocycles. The highest BCUT2D eigenvalue weighted by atomic mass is 16.5. The van der Waals surface area contributed by atoms with Gasteiger partial charge in [-0.05, 0) is 30.7 Å². The summed E-state index contributed by atoms with van der Waals surface area (Å²) in [7, 11) is 3.84. The largest absolute Gasteiger partial charge is 0.454 e. The van der Waals surface area contributed by atoms with Gasteiger partial charge in [0.25, 0.3) is 0 Å². The van der Waals surface area contributed by atoms with Crippen LogP contribution in [0.1, 0.15) is 12.5 Å². The lowest BCUT2D eigenvalue weighted by molar-refractivity contribution is -0.143. The molecule has 1 aromatic rings. The Labute approximate surface area is 118 Å². The summed E-state index contributed by atoms with van der Waals surface area (Å²) in [5.41, 5.74) is 1.59. The number of nitrogens with zero attached hydrogens (tertiary/aromatic N) is 2. The predicted molar refractivity (Wildman–Crippen MR) is 76.0 cm³/mol. The molecular formula is C15H16N2O3. The van der Waals surface area contributed by atoms with Crippen molar-refractivity contribution in [3.8, 4) is 6.07 Å². The lowest BCUT2D eigenvalue weighted by Crippen LogP contribution is -2.12. The maximum absolute atomic E-state index is 11.6. The number of hydrogen-bond donors (Lipinski definition) is 0. The lowest BCUT2D eigenvalue weighted by Gasteiger charge is -2.11. The first-order valence-electron chi connectivity index (χ1n) is 5.99. The van der Waals surface area contributed by atoms with Crippen molar-refractivity contribution in [2.75, 3.05) is 25.6 Å². The first kappa shape index (κ1) is 15.4. The normalized spacial score (nSPS) is 10.6. The molecular weight excluding hydrogens is 256 g/mol. The minimum Gasteiger partial charge on any atom is -0.454 e. The van der Waals surface area contributed by atoms with Crippen molar-refractivity contribution in [2.24, 2.45) is 0 Å². The van der Waals surface area contributed by atoms with Crippen molar-refractivity contribution in [3.63, 3.8) is 0 Å². The number of carbonyl (C=O) groups excluding carboxylic acids is 2. The van der Waals surface area contributed by atoms with Crippen molar-refractivity contribution in [2.45, 2.75) is 6.92 Å². The zero-order valence-corrected chi connectivity index (χ0v) is 11.7. The highest BCUT2D eigenvalue weighted by molar-refractivity contribution is 5.98. The van der Waals surface area contributed by atoms with Gasteiger partial charge in [0.05, 0.1) is 0 Å². The Kier molecular flexibility index (Phi) is 5.48. The van der Waals surface area contributed by atoms with E-state index in [1.54, 1.807) is 18.2 Å². The van der Waals surface area contributed by atoms with E-state index < -0.39 is 5.97 Å². The number of rotatable bonds is 5. The van der Waals surface area contributed by atoms with E-state index in [-0.39, 0.29) is 18.0 Å². The summed E-state index contributed by atoms with van der Waals surface area (Å²) in [6, 6.07) is 9.12. The number of Topliss-reactive ketones (excluding diaryl/α,β-unsaturated/α-hetero) is 1. The number of anilines is 1. The maximum Gasteiger partial charge on any atom is 0.349 e. The van der Waals surface area contributed by atoms with Gasteiger partial charge >= 0.3 is 5.97 Å². The smallest absolute Gasteiger partial charge is 0.349 e. The van der Waals surface area contributed by atoms with Crippen LogP contribution < -0.4 is 4.90 Å². The monoisotopic (exact) mass is 272 g/mol. The molecule has 0 saturated heterocycles. The van der Waals surface area contributed by atoms with E-state index in [9.17, 15) is 9.59 Å². The molecule has 0 aliphatic rings. The van der Waals surface area contributed by atoms with Crippen molar-refractivity contribution < 1.29 is 14.3 Å². The highest BCUT2D eigenvalue weighted by Crippen LogP contribution is 2.14. The van der Waals surface area contributed by atoms with Crippen LogP contribution in [0.4, 0.5) is 5.69 Å². The molecule has 0 aliphatic carbocycles. The third-order valence-corrected chi connectivity index (χ3v) is 2.47. The van der Waals surface area contributed by atoms with Crippen LogP contribution in [-0.4, -0.2) is 32.5 Å². The topological polar surface area (TPSA) is 70.4 Å². The molecule has 0 aliphatic heterocycles. The number of esters is 1. The van der Waals surface area contributed by atoms with Crippen molar-refractivity contribution in [1.82, 2.24) is 0 Å². The first-order valence-corrected chi connectivity index (χ1v) is 5.99. The molecule has 0 fully saturated rings. The molecule has 5 nitrogen and oxygen atoms in total. The molecule has 0 amide bonds. The molecule has 0 radical (unpaired) electrons. The summed E-state index contributed by atoms with van der Waals surface area (Å²) >= 11 is 0. The second-order valence-electron chi connectivity index (χ2n) is 4.43. The fraction of sp³-hybridized carbons (Fsp3) is 0.267. The number of ketones is 1. The summed E-state index contributed by atoms with van der Waals surface area (Å²) in [4.78, 5) is 24.3. The molecule has 20 heavy (non-hydrogen) atoms. The quantitative estimate of drug-likeness (QED) is 0.464. The standard InChI is InChI=1S/C15H16N2O3/c1-11(18)10-20-15(19)13(9-16)8-12-4-6-14(7-5-12)17(2)3/h4-8H,10H2,1-3H3/b13-8+. The van der Waals surface area contributed by atoms with E-state index in [0.29, 0.717) is 5.56 Å². The van der Waals surface area contributed by atoms with Crippen LogP contribution in [0.25, 0.3) is 6.08 Å². The Morgan fingerprint density at radius 2 is 1.90 bits per heavy atom. The summed E-state index contributed by atoms with van der Waals surface area (Å²) in [5.74, 6) is -1.06. The van der Waals surface area contributed by atoms with Crippen LogP contribution in [0.5, 0.6) is 0 Å². The summed E-state index contributed by atoms with van der Waals surface area (Å²) in [6.45, 7) is 0.987. The minimum atomic E-state index is -0.792. The average molecular weight is 272 g/mol. The Balaban J connectivity index is 2.86. The maximum atomic E-state index is 11.6. The Morgan fingerprint density at radius 3 is 2.35 bits per heavy atom. The zero-order chi connectivity index (χ0) is 15.1. The van der Waals surface area contributed by atoms with Gasteiger partial charge in [-0.1, -0.05) is 12.1 Å². The third kappa shape index (κ3) is 4.58. The molecule has 0 unspecified atom stereocenters. The Hall–Kier alpha value is -2.61. The van der Waals surface area contributed by atoms with Crippen LogP contribution in [0.15, 0.2) is 29.8 Å². The van der Waals surface area contributed by atoms with Crippen LogP contribution in [0.2, 0.25) is 0 Å². The second kappa shape index (κ2) is 7.10. The highest BCUT2D eigenvalue weighted by Gasteiger charge is 2.11. The number of benzene rings is 1. The van der Waals surface area contributed by atoms with Gasteiger partial charge in [-0.2, -0.15) is 5.26 Å². The van der Waals surface area contributed by atoms with Crippen molar-refractivity contribution in [1.29, 1.82) is 5.26 Å². The number of nitriles is 1. The van der Waals surface area contributed by atoms with E-state index in [0.717, 1.165) is 5.69 Å². The summed E-state index contributed by atoms with van der Waals surface area (Å²) in [6.07, 6.45) is 1.43. The molecule has 5 heteroatoms. The molecule has 0 spiro atoms. The molecule has 0 atom stereocenters. The van der Waals surface area contributed by atoms with Crippen LogP contribution in [0.3, 0.4) is 0 Å². The zero-order valence-electron chi connectivity index (χ0n) is 11.7. The Morgan fingerprint density at radius 1 is 1.30 bits per heavy atom. The first-order chi connectivity index (χ1) is 9.43. The number of ether oxygens (including phenoxy) is 1. The van der Waals surface area contributed by atoms with E-state index in [1.165, 1.54) is 13.0 Å². The van der Waals surface area contributed by atoms with Gasteiger partial charge in [0.15, 0.2) is 5.78 Å². The van der Waals surface area contributed by atoms with Crippen molar-refractivity contribution in [3.05, 3.63) is 35.4 Å². The van der Waals surface area contributed by atoms with Crippen LogP contribution >= 0.6 is 0 Å². The van der Waals surface area contributed by atoms with Gasteiger partial charge in [-0.25, -0.2) is 4.79 Å². The van der Waals surface area contributed by atoms with Gasteiger partial charge in [0.1, 0.15) is 18.2 Å². The molecule has 0 saturated carbocycles. The lowest BCUT2D eigenvalue weighted by atomic mass is 10.1. The summed E-state index contributed by atoms with van der Waals surface area (Å²) < 4.78 is 4.70. The fourth-order valence-electron chi connectivity index (χ4n) is 1.42. The molecule has 0 bridgehead atoms. The van der Waals surface area contributed by atoms with E-state index in [1.807, 2.05) is 31.1 Å². The third-order valence-electron chi connectivity index (χ3n) is 2.47. The van der Waals surface area contributed by atoms with Crippen LogP contribution in [-0.2, 0) is 14.3 Å². The fourth-order valence-corrected chi connectivity index (χ4v) is 1.42. The predicted octanol–water partition coefficient (Wildman–Crippen LogP) is 1.79. The number of hydrogen-bond acceptors (Lipinski definition) is 5. The summed E-state index contributed by atoms with van der Waals surface area (Å²) in [5, 5.41) is 8.95. The van der Waals surface area contributed by atoms with Gasteiger partial charge < -0.3 is 9.64 Å². The molecule has 0 heterocycles. The second-order valence-corrected chi connectivity index (χ2v) is 4.43. The van der Waals surface area contributed by atoms with E-state index in [2.05, 4.69) is 0 Å². The number of carbonyl (C=O) groups is 2. The van der Waals surface area contributed by atoms with Gasteiger partial charge in [0.2, 0.25) is 0 Å². The molecule has 1 rings (SSSR count). The van der Waals surface area contributed by atoms with Gasteiger partial charge in [0, 0.05) is 19.8 Å². The molecule has 0 N–H and O–H groups in total. The van der Waals surface area contributed by atoms with Gasteiger partial charge in [-0.3, -0.25) is 4.79 Å². The van der Waals surface area contributed by atoms with Crippen LogP contribution in [0, 0.1) is 11.3 Å². The van der Waals surface area contributed by atoms with E-state index >= 15 is 0 Å². The molecule has 0 aromatic heterocycles. The molecule has 104 valence electrons. The van der Waals surface area contributed by atoms with E-state index in [4.69, 9.17) is 10.00 Å². The minimum absolute atomic E-state index is 0.135. The van der Waals surface area contributed by atoms with Crippen molar-refractivity contribution >= 4 is 23.5 Å². The average Bonchev–Trinajstić information content (AvgIpc) is 2.42. The SMILES string of the molecule is CC(=O)COC(=O)/C(C#N)=C/c1ccc(N(C)C)cc1.